The summed E-state index contributed by atoms with van der Waals surface area (Å²) in [5, 5.41) is 3.06. The topological polar surface area (TPSA) is 72.2 Å². The van der Waals surface area contributed by atoms with E-state index in [-0.39, 0.29) is 29.2 Å². The second-order valence-electron chi connectivity index (χ2n) is 8.41. The van der Waals surface area contributed by atoms with Crippen molar-refractivity contribution in [1.82, 2.24) is 5.32 Å². The zero-order valence-corrected chi connectivity index (χ0v) is 14.4. The van der Waals surface area contributed by atoms with Crippen LogP contribution in [0.4, 0.5) is 0 Å². The van der Waals surface area contributed by atoms with Gasteiger partial charge in [0.05, 0.1) is 0 Å². The molecule has 2 rings (SSSR count). The van der Waals surface area contributed by atoms with E-state index in [1.807, 2.05) is 20.8 Å². The van der Waals surface area contributed by atoms with Gasteiger partial charge in [-0.1, -0.05) is 32.1 Å². The quantitative estimate of drug-likeness (QED) is 0.723. The monoisotopic (exact) mass is 308 g/mol. The van der Waals surface area contributed by atoms with Gasteiger partial charge in [-0.25, -0.2) is 0 Å². The lowest BCUT2D eigenvalue weighted by Crippen LogP contribution is -2.48. The Kier molecular flexibility index (Phi) is 5.51. The summed E-state index contributed by atoms with van der Waals surface area (Å²) < 4.78 is 0. The molecule has 0 heterocycles. The number of hydrogen-bond donors (Lipinski definition) is 2. The summed E-state index contributed by atoms with van der Waals surface area (Å²) in [7, 11) is 0. The molecule has 0 aliphatic heterocycles. The fourth-order valence-corrected chi connectivity index (χ4v) is 3.37. The highest BCUT2D eigenvalue weighted by atomic mass is 16.2. The van der Waals surface area contributed by atoms with E-state index in [1.54, 1.807) is 0 Å². The number of carbonyl (C=O) groups is 2. The molecular formula is C18H32N2O2. The molecule has 2 atom stereocenters. The van der Waals surface area contributed by atoms with Crippen LogP contribution in [0.1, 0.15) is 72.1 Å². The van der Waals surface area contributed by atoms with Gasteiger partial charge in [-0.2, -0.15) is 0 Å². The van der Waals surface area contributed by atoms with E-state index in [0.29, 0.717) is 5.92 Å². The molecule has 0 radical (unpaired) electrons. The molecular weight excluding hydrogens is 276 g/mol. The molecule has 2 fully saturated rings. The number of hydrogen-bond acceptors (Lipinski definition) is 2. The molecule has 2 amide bonds. The molecule has 0 aromatic heterocycles. The third-order valence-electron chi connectivity index (χ3n) is 5.08. The Balaban J connectivity index is 2.03. The van der Waals surface area contributed by atoms with E-state index >= 15 is 0 Å². The molecule has 22 heavy (non-hydrogen) atoms. The smallest absolute Gasteiger partial charge is 0.224 e. The molecule has 0 aromatic carbocycles. The Labute approximate surface area is 134 Å². The van der Waals surface area contributed by atoms with Gasteiger partial charge in [-0.15, -0.1) is 0 Å². The average Bonchev–Trinajstić information content (AvgIpc) is 3.11. The first-order valence-electron chi connectivity index (χ1n) is 8.87. The van der Waals surface area contributed by atoms with Crippen molar-refractivity contribution in [2.24, 2.45) is 29.4 Å². The number of nitrogens with two attached hydrogens (primary N) is 1. The Hall–Kier alpha value is -1.06. The molecule has 4 nitrogen and oxygen atoms in total. The summed E-state index contributed by atoms with van der Waals surface area (Å²) in [6.07, 6.45) is 8.80. The number of rotatable bonds is 8. The predicted molar refractivity (Wildman–Crippen MR) is 88.0 cm³/mol. The Bertz CT molecular complexity index is 406. The molecule has 0 spiro atoms. The third kappa shape index (κ3) is 5.29. The number of primary amides is 1. The molecule has 3 N–H and O–H groups in total. The van der Waals surface area contributed by atoms with E-state index in [0.717, 1.165) is 25.2 Å². The van der Waals surface area contributed by atoms with Crippen LogP contribution < -0.4 is 11.1 Å². The zero-order valence-electron chi connectivity index (χ0n) is 14.4. The minimum atomic E-state index is -0.302. The summed E-state index contributed by atoms with van der Waals surface area (Å²) in [4.78, 5) is 24.7. The predicted octanol–water partition coefficient (Wildman–Crippen LogP) is 3.00. The van der Waals surface area contributed by atoms with E-state index in [9.17, 15) is 9.59 Å². The number of carbonyl (C=O) groups excluding carboxylic acids is 2. The van der Waals surface area contributed by atoms with Crippen LogP contribution in [0.5, 0.6) is 0 Å². The van der Waals surface area contributed by atoms with Crippen LogP contribution in [0.2, 0.25) is 0 Å². The summed E-state index contributed by atoms with van der Waals surface area (Å²) in [6, 6.07) is 0. The van der Waals surface area contributed by atoms with Crippen molar-refractivity contribution >= 4 is 11.8 Å². The molecule has 126 valence electrons. The Morgan fingerprint density at radius 2 is 1.73 bits per heavy atom. The zero-order chi connectivity index (χ0) is 16.3. The first kappa shape index (κ1) is 17.3. The summed E-state index contributed by atoms with van der Waals surface area (Å²) in [5.41, 5.74) is 5.39. The van der Waals surface area contributed by atoms with Gasteiger partial charge in [0, 0.05) is 17.4 Å². The SMILES string of the molecule is CC(C)(C)NC(=O)[C@H](CC1CCC1)[C@H](CCC1CC1)C(N)=O. The largest absolute Gasteiger partial charge is 0.369 e. The normalized spacial score (nSPS) is 21.8. The molecule has 0 bridgehead atoms. The summed E-state index contributed by atoms with van der Waals surface area (Å²) in [6.45, 7) is 5.94. The lowest BCUT2D eigenvalue weighted by molar-refractivity contribution is -0.135. The number of amides is 2. The van der Waals surface area contributed by atoms with Crippen molar-refractivity contribution in [3.8, 4) is 0 Å². The third-order valence-corrected chi connectivity index (χ3v) is 5.08. The summed E-state index contributed by atoms with van der Waals surface area (Å²) in [5.74, 6) is 0.521. The van der Waals surface area contributed by atoms with E-state index < -0.39 is 0 Å². The highest BCUT2D eigenvalue weighted by Gasteiger charge is 2.37. The minimum Gasteiger partial charge on any atom is -0.369 e. The van der Waals surface area contributed by atoms with Gasteiger partial charge in [0.2, 0.25) is 11.8 Å². The van der Waals surface area contributed by atoms with E-state index in [4.69, 9.17) is 5.73 Å². The van der Waals surface area contributed by atoms with Crippen LogP contribution in [0.25, 0.3) is 0 Å². The van der Waals surface area contributed by atoms with Crippen molar-refractivity contribution in [3.05, 3.63) is 0 Å². The van der Waals surface area contributed by atoms with E-state index in [1.165, 1.54) is 32.1 Å². The molecule has 0 saturated heterocycles. The summed E-state index contributed by atoms with van der Waals surface area (Å²) >= 11 is 0. The maximum atomic E-state index is 12.7. The second-order valence-corrected chi connectivity index (χ2v) is 8.41. The van der Waals surface area contributed by atoms with Gasteiger partial charge in [0.15, 0.2) is 0 Å². The van der Waals surface area contributed by atoms with Crippen LogP contribution in [0.3, 0.4) is 0 Å². The first-order chi connectivity index (χ1) is 10.3. The maximum absolute atomic E-state index is 12.7. The molecule has 0 unspecified atom stereocenters. The molecule has 2 saturated carbocycles. The van der Waals surface area contributed by atoms with E-state index in [2.05, 4.69) is 5.32 Å². The lowest BCUT2D eigenvalue weighted by atomic mass is 9.73. The fraction of sp³-hybridized carbons (Fsp3) is 0.889. The van der Waals surface area contributed by atoms with Crippen LogP contribution >= 0.6 is 0 Å². The standard InChI is InChI=1S/C18H32N2O2/c1-18(2,3)20-17(22)15(11-13-5-4-6-13)14(16(19)21)10-9-12-7-8-12/h12-15H,4-11H2,1-3H3,(H2,19,21)(H,20,22)/t14-,15+/m0/s1. The van der Waals surface area contributed by atoms with Gasteiger partial charge in [0.25, 0.3) is 0 Å². The van der Waals surface area contributed by atoms with Crippen LogP contribution in [0.15, 0.2) is 0 Å². The first-order valence-corrected chi connectivity index (χ1v) is 8.87. The highest BCUT2D eigenvalue weighted by molar-refractivity contribution is 5.87. The van der Waals surface area contributed by atoms with Crippen molar-refractivity contribution in [1.29, 1.82) is 0 Å². The average molecular weight is 308 g/mol. The fourth-order valence-electron chi connectivity index (χ4n) is 3.37. The molecule has 4 heteroatoms. The van der Waals surface area contributed by atoms with Crippen molar-refractivity contribution in [2.75, 3.05) is 0 Å². The minimum absolute atomic E-state index is 0.0130. The molecule has 0 aromatic rings. The highest BCUT2D eigenvalue weighted by Crippen LogP contribution is 2.39. The second kappa shape index (κ2) is 7.01. The molecule has 2 aliphatic rings. The van der Waals surface area contributed by atoms with Gasteiger partial charge < -0.3 is 11.1 Å². The lowest BCUT2D eigenvalue weighted by Gasteiger charge is -2.34. The Morgan fingerprint density at radius 1 is 1.09 bits per heavy atom. The van der Waals surface area contributed by atoms with Crippen LogP contribution in [-0.2, 0) is 9.59 Å². The van der Waals surface area contributed by atoms with Gasteiger partial charge >= 0.3 is 0 Å². The number of nitrogens with one attached hydrogen (secondary N) is 1. The van der Waals surface area contributed by atoms with Gasteiger partial charge in [-0.05, 0) is 51.9 Å². The van der Waals surface area contributed by atoms with Crippen molar-refractivity contribution < 1.29 is 9.59 Å². The van der Waals surface area contributed by atoms with Crippen LogP contribution in [-0.4, -0.2) is 17.4 Å². The maximum Gasteiger partial charge on any atom is 0.224 e. The van der Waals surface area contributed by atoms with Crippen molar-refractivity contribution in [3.63, 3.8) is 0 Å². The molecule has 2 aliphatic carbocycles. The van der Waals surface area contributed by atoms with Crippen molar-refractivity contribution in [2.45, 2.75) is 77.7 Å². The van der Waals surface area contributed by atoms with Gasteiger partial charge in [0.1, 0.15) is 0 Å². The van der Waals surface area contributed by atoms with Crippen LogP contribution in [0, 0.1) is 23.7 Å². The van der Waals surface area contributed by atoms with Gasteiger partial charge in [-0.3, -0.25) is 9.59 Å². The Morgan fingerprint density at radius 3 is 2.14 bits per heavy atom.